The molecule has 1 N–H and O–H groups in total. The maximum absolute atomic E-state index is 12.3. The molecule has 152 valence electrons. The minimum atomic E-state index is -0.433. The van der Waals surface area contributed by atoms with E-state index < -0.39 is 5.97 Å². The Kier molecular flexibility index (Phi) is 6.84. The lowest BCUT2D eigenvalue weighted by Gasteiger charge is -2.31. The van der Waals surface area contributed by atoms with Gasteiger partial charge in [0.25, 0.3) is 5.91 Å². The molecule has 0 bridgehead atoms. The van der Waals surface area contributed by atoms with Crippen LogP contribution in [-0.4, -0.2) is 49.4 Å². The Morgan fingerprint density at radius 3 is 2.45 bits per heavy atom. The van der Waals surface area contributed by atoms with Gasteiger partial charge in [-0.1, -0.05) is 0 Å². The molecule has 1 saturated heterocycles. The SMILES string of the molecule is COC(=O)c1ccc(C(=O)NCC2CCN(C(=O)C=Cc3ccco3)CC2)cc1. The van der Waals surface area contributed by atoms with Crippen LogP contribution in [0.15, 0.2) is 53.2 Å². The van der Waals surface area contributed by atoms with Crippen molar-refractivity contribution in [2.45, 2.75) is 12.8 Å². The van der Waals surface area contributed by atoms with Gasteiger partial charge in [0.1, 0.15) is 5.76 Å². The first-order valence-electron chi connectivity index (χ1n) is 9.54. The molecule has 1 aliphatic rings. The topological polar surface area (TPSA) is 88.9 Å². The first kappa shape index (κ1) is 20.4. The summed E-state index contributed by atoms with van der Waals surface area (Å²) in [6.07, 6.45) is 6.43. The van der Waals surface area contributed by atoms with E-state index in [0.29, 0.717) is 42.4 Å². The van der Waals surface area contributed by atoms with Crippen LogP contribution in [-0.2, 0) is 9.53 Å². The second-order valence-corrected chi connectivity index (χ2v) is 6.90. The van der Waals surface area contributed by atoms with Crippen LogP contribution in [0.2, 0.25) is 0 Å². The van der Waals surface area contributed by atoms with Gasteiger partial charge in [-0.15, -0.1) is 0 Å². The van der Waals surface area contributed by atoms with Gasteiger partial charge >= 0.3 is 5.97 Å². The highest BCUT2D eigenvalue weighted by atomic mass is 16.5. The molecule has 0 atom stereocenters. The maximum Gasteiger partial charge on any atom is 0.337 e. The first-order chi connectivity index (χ1) is 14.1. The van der Waals surface area contributed by atoms with Gasteiger partial charge in [0.05, 0.1) is 18.9 Å². The Bertz CT molecular complexity index is 863. The highest BCUT2D eigenvalue weighted by Crippen LogP contribution is 2.17. The van der Waals surface area contributed by atoms with Crippen molar-refractivity contribution in [1.82, 2.24) is 10.2 Å². The highest BCUT2D eigenvalue weighted by molar-refractivity contribution is 5.96. The Hall–Kier alpha value is -3.35. The monoisotopic (exact) mass is 396 g/mol. The second kappa shape index (κ2) is 9.73. The Labute approximate surface area is 169 Å². The van der Waals surface area contributed by atoms with Gasteiger partial charge in [0.15, 0.2) is 0 Å². The largest absolute Gasteiger partial charge is 0.465 e. The molecule has 2 heterocycles. The zero-order chi connectivity index (χ0) is 20.6. The normalized spacial score (nSPS) is 14.7. The number of piperidine rings is 1. The number of esters is 1. The van der Waals surface area contributed by atoms with Crippen LogP contribution in [0.5, 0.6) is 0 Å². The second-order valence-electron chi connectivity index (χ2n) is 6.90. The van der Waals surface area contributed by atoms with Gasteiger partial charge in [-0.3, -0.25) is 9.59 Å². The van der Waals surface area contributed by atoms with E-state index in [2.05, 4.69) is 10.1 Å². The maximum atomic E-state index is 12.3. The smallest absolute Gasteiger partial charge is 0.337 e. The molecule has 0 spiro atoms. The molecular formula is C22H24N2O5. The van der Waals surface area contributed by atoms with Gasteiger partial charge in [-0.2, -0.15) is 0 Å². The zero-order valence-corrected chi connectivity index (χ0v) is 16.3. The molecule has 0 saturated carbocycles. The van der Waals surface area contributed by atoms with Crippen molar-refractivity contribution >= 4 is 23.9 Å². The third kappa shape index (κ3) is 5.57. The van der Waals surface area contributed by atoms with Crippen LogP contribution < -0.4 is 5.32 Å². The van der Waals surface area contributed by atoms with Gasteiger partial charge < -0.3 is 19.4 Å². The molecule has 0 unspecified atom stereocenters. The van der Waals surface area contributed by atoms with Crippen molar-refractivity contribution < 1.29 is 23.5 Å². The molecule has 1 aromatic carbocycles. The quantitative estimate of drug-likeness (QED) is 0.599. The number of benzene rings is 1. The van der Waals surface area contributed by atoms with E-state index >= 15 is 0 Å². The van der Waals surface area contributed by atoms with Gasteiger partial charge in [0.2, 0.25) is 5.91 Å². The van der Waals surface area contributed by atoms with Crippen molar-refractivity contribution in [3.8, 4) is 0 Å². The molecule has 3 rings (SSSR count). The van der Waals surface area contributed by atoms with Crippen LogP contribution >= 0.6 is 0 Å². The molecule has 2 aromatic rings. The summed E-state index contributed by atoms with van der Waals surface area (Å²) in [5, 5.41) is 2.93. The Morgan fingerprint density at radius 1 is 1.14 bits per heavy atom. The number of nitrogens with one attached hydrogen (secondary N) is 1. The average molecular weight is 396 g/mol. The van der Waals surface area contributed by atoms with Crippen LogP contribution in [0.25, 0.3) is 6.08 Å². The summed E-state index contributed by atoms with van der Waals surface area (Å²) in [4.78, 5) is 37.8. The summed E-state index contributed by atoms with van der Waals surface area (Å²) in [5.41, 5.74) is 0.899. The summed E-state index contributed by atoms with van der Waals surface area (Å²) in [6, 6.07) is 9.92. The summed E-state index contributed by atoms with van der Waals surface area (Å²) in [5.74, 6) is 0.329. The highest BCUT2D eigenvalue weighted by Gasteiger charge is 2.22. The lowest BCUT2D eigenvalue weighted by molar-refractivity contribution is -0.127. The molecule has 29 heavy (non-hydrogen) atoms. The van der Waals surface area contributed by atoms with E-state index in [0.717, 1.165) is 12.8 Å². The minimum Gasteiger partial charge on any atom is -0.465 e. The third-order valence-corrected chi connectivity index (χ3v) is 4.98. The number of methoxy groups -OCH3 is 1. The van der Waals surface area contributed by atoms with E-state index in [1.54, 1.807) is 48.7 Å². The number of amides is 2. The fraction of sp³-hybridized carbons (Fsp3) is 0.318. The minimum absolute atomic E-state index is 0.0328. The predicted molar refractivity (Wildman–Crippen MR) is 107 cm³/mol. The number of likely N-dealkylation sites (tertiary alicyclic amines) is 1. The zero-order valence-electron chi connectivity index (χ0n) is 16.3. The van der Waals surface area contributed by atoms with E-state index in [-0.39, 0.29) is 11.8 Å². The fourth-order valence-electron chi connectivity index (χ4n) is 3.22. The number of carbonyl (C=O) groups is 3. The molecule has 1 aromatic heterocycles. The molecule has 1 fully saturated rings. The van der Waals surface area contributed by atoms with Crippen molar-refractivity contribution in [2.75, 3.05) is 26.7 Å². The van der Waals surface area contributed by atoms with Crippen molar-refractivity contribution in [3.63, 3.8) is 0 Å². The predicted octanol–water partition coefficient (Wildman–Crippen LogP) is 2.75. The standard InChI is InChI=1S/C22H24N2O5/c1-28-22(27)18-6-4-17(5-7-18)21(26)23-15-16-10-12-24(13-11-16)20(25)9-8-19-3-2-14-29-19/h2-9,14,16H,10-13,15H2,1H3,(H,23,26). The summed E-state index contributed by atoms with van der Waals surface area (Å²) < 4.78 is 9.83. The van der Waals surface area contributed by atoms with Crippen molar-refractivity contribution in [2.24, 2.45) is 5.92 Å². The van der Waals surface area contributed by atoms with Gasteiger partial charge in [-0.25, -0.2) is 4.79 Å². The van der Waals surface area contributed by atoms with Crippen LogP contribution in [0.1, 0.15) is 39.3 Å². The molecule has 7 nitrogen and oxygen atoms in total. The number of rotatable bonds is 6. The third-order valence-electron chi connectivity index (χ3n) is 4.98. The van der Waals surface area contributed by atoms with E-state index in [1.807, 2.05) is 4.90 Å². The number of hydrogen-bond acceptors (Lipinski definition) is 5. The Balaban J connectivity index is 1.42. The average Bonchev–Trinajstić information content (AvgIpc) is 3.29. The summed E-state index contributed by atoms with van der Waals surface area (Å²) in [7, 11) is 1.32. The number of nitrogens with zero attached hydrogens (tertiary/aromatic N) is 1. The summed E-state index contributed by atoms with van der Waals surface area (Å²) >= 11 is 0. The van der Waals surface area contributed by atoms with E-state index in [1.165, 1.54) is 13.2 Å². The van der Waals surface area contributed by atoms with Crippen LogP contribution in [0.4, 0.5) is 0 Å². The van der Waals surface area contributed by atoms with Crippen LogP contribution in [0.3, 0.4) is 0 Å². The van der Waals surface area contributed by atoms with Crippen molar-refractivity contribution in [3.05, 3.63) is 65.6 Å². The summed E-state index contributed by atoms with van der Waals surface area (Å²) in [6.45, 7) is 1.88. The van der Waals surface area contributed by atoms with Crippen molar-refractivity contribution in [1.29, 1.82) is 0 Å². The van der Waals surface area contributed by atoms with Crippen LogP contribution in [0, 0.1) is 5.92 Å². The van der Waals surface area contributed by atoms with E-state index in [9.17, 15) is 14.4 Å². The lowest BCUT2D eigenvalue weighted by atomic mass is 9.96. The molecule has 0 radical (unpaired) electrons. The molecular weight excluding hydrogens is 372 g/mol. The lowest BCUT2D eigenvalue weighted by Crippen LogP contribution is -2.41. The van der Waals surface area contributed by atoms with Gasteiger partial charge in [-0.05, 0) is 61.2 Å². The molecule has 0 aliphatic carbocycles. The number of carbonyl (C=O) groups excluding carboxylic acids is 3. The number of furan rings is 1. The Morgan fingerprint density at radius 2 is 1.83 bits per heavy atom. The first-order valence-corrected chi connectivity index (χ1v) is 9.54. The molecule has 1 aliphatic heterocycles. The molecule has 2 amide bonds. The van der Waals surface area contributed by atoms with E-state index in [4.69, 9.17) is 4.42 Å². The number of ether oxygens (including phenoxy) is 1. The fourth-order valence-corrected chi connectivity index (χ4v) is 3.22. The van der Waals surface area contributed by atoms with Gasteiger partial charge in [0, 0.05) is 31.3 Å². The molecule has 7 heteroatoms. The number of hydrogen-bond donors (Lipinski definition) is 1.